The van der Waals surface area contributed by atoms with Gasteiger partial charge >= 0.3 is 0 Å². The van der Waals surface area contributed by atoms with Crippen LogP contribution in [0.3, 0.4) is 0 Å². The summed E-state index contributed by atoms with van der Waals surface area (Å²) in [5.74, 6) is 0.0605. The SMILES string of the molecule is CC1(C)C(=O)Nc2ccc(CCNC(=O)Cc3ccccc3)cc21. The second-order valence-corrected chi connectivity index (χ2v) is 6.72. The average molecular weight is 322 g/mol. The Bertz CT molecular complexity index is 766. The lowest BCUT2D eigenvalue weighted by molar-refractivity contribution is -0.120. The zero-order valence-corrected chi connectivity index (χ0v) is 14.1. The molecule has 24 heavy (non-hydrogen) atoms. The van der Waals surface area contributed by atoms with Crippen molar-refractivity contribution in [1.29, 1.82) is 0 Å². The average Bonchev–Trinajstić information content (AvgIpc) is 2.78. The van der Waals surface area contributed by atoms with Crippen LogP contribution in [0.25, 0.3) is 0 Å². The molecule has 2 N–H and O–H groups in total. The van der Waals surface area contributed by atoms with Gasteiger partial charge in [-0.2, -0.15) is 0 Å². The molecule has 3 rings (SSSR count). The highest BCUT2D eigenvalue weighted by Crippen LogP contribution is 2.37. The van der Waals surface area contributed by atoms with Crippen LogP contribution in [0.5, 0.6) is 0 Å². The zero-order chi connectivity index (χ0) is 17.2. The van der Waals surface area contributed by atoms with E-state index in [0.29, 0.717) is 13.0 Å². The lowest BCUT2D eigenvalue weighted by Gasteiger charge is -2.16. The number of fused-ring (bicyclic) bond motifs is 1. The van der Waals surface area contributed by atoms with E-state index in [1.54, 1.807) is 0 Å². The van der Waals surface area contributed by atoms with Crippen LogP contribution in [0.2, 0.25) is 0 Å². The molecular weight excluding hydrogens is 300 g/mol. The van der Waals surface area contributed by atoms with Crippen molar-refractivity contribution in [3.05, 3.63) is 65.2 Å². The molecular formula is C20H22N2O2. The van der Waals surface area contributed by atoms with Gasteiger partial charge in [0.2, 0.25) is 11.8 Å². The van der Waals surface area contributed by atoms with Gasteiger partial charge in [0.25, 0.3) is 0 Å². The van der Waals surface area contributed by atoms with Gasteiger partial charge in [-0.1, -0.05) is 42.5 Å². The molecule has 0 bridgehead atoms. The molecule has 4 nitrogen and oxygen atoms in total. The fourth-order valence-corrected chi connectivity index (χ4v) is 2.96. The van der Waals surface area contributed by atoms with Crippen molar-refractivity contribution >= 4 is 17.5 Å². The van der Waals surface area contributed by atoms with Gasteiger partial charge in [0.15, 0.2) is 0 Å². The monoisotopic (exact) mass is 322 g/mol. The Morgan fingerprint density at radius 3 is 2.58 bits per heavy atom. The van der Waals surface area contributed by atoms with Crippen molar-refractivity contribution in [2.75, 3.05) is 11.9 Å². The van der Waals surface area contributed by atoms with Gasteiger partial charge in [0, 0.05) is 12.2 Å². The summed E-state index contributed by atoms with van der Waals surface area (Å²) in [7, 11) is 0. The van der Waals surface area contributed by atoms with Crippen molar-refractivity contribution in [2.45, 2.75) is 32.1 Å². The first-order valence-corrected chi connectivity index (χ1v) is 8.22. The normalized spacial score (nSPS) is 14.8. The van der Waals surface area contributed by atoms with E-state index in [-0.39, 0.29) is 11.8 Å². The van der Waals surface area contributed by atoms with Crippen LogP contribution in [0.1, 0.15) is 30.5 Å². The van der Waals surface area contributed by atoms with Gasteiger partial charge in [0.1, 0.15) is 0 Å². The number of benzene rings is 2. The Morgan fingerprint density at radius 2 is 1.83 bits per heavy atom. The first kappa shape index (κ1) is 16.2. The molecule has 0 unspecified atom stereocenters. The number of hydrogen-bond donors (Lipinski definition) is 2. The van der Waals surface area contributed by atoms with E-state index in [1.165, 1.54) is 0 Å². The minimum absolute atomic E-state index is 0.0273. The summed E-state index contributed by atoms with van der Waals surface area (Å²) in [6, 6.07) is 15.7. The van der Waals surface area contributed by atoms with Crippen molar-refractivity contribution in [3.8, 4) is 0 Å². The third kappa shape index (κ3) is 3.32. The number of nitrogens with one attached hydrogen (secondary N) is 2. The van der Waals surface area contributed by atoms with E-state index in [0.717, 1.165) is 28.8 Å². The number of carbonyl (C=O) groups excluding carboxylic acids is 2. The molecule has 0 atom stereocenters. The van der Waals surface area contributed by atoms with E-state index in [4.69, 9.17) is 0 Å². The molecule has 1 aliphatic rings. The van der Waals surface area contributed by atoms with E-state index >= 15 is 0 Å². The fourth-order valence-electron chi connectivity index (χ4n) is 2.96. The molecule has 2 aromatic rings. The summed E-state index contributed by atoms with van der Waals surface area (Å²) in [6.45, 7) is 4.45. The van der Waals surface area contributed by atoms with Crippen molar-refractivity contribution in [1.82, 2.24) is 5.32 Å². The lowest BCUT2D eigenvalue weighted by Crippen LogP contribution is -2.27. The molecule has 2 amide bonds. The molecule has 124 valence electrons. The van der Waals surface area contributed by atoms with Gasteiger partial charge in [-0.15, -0.1) is 0 Å². The number of amides is 2. The molecule has 0 saturated carbocycles. The molecule has 0 aliphatic carbocycles. The lowest BCUT2D eigenvalue weighted by atomic mass is 9.85. The summed E-state index contributed by atoms with van der Waals surface area (Å²) >= 11 is 0. The van der Waals surface area contributed by atoms with E-state index < -0.39 is 5.41 Å². The second kappa shape index (κ2) is 6.48. The molecule has 0 spiro atoms. The van der Waals surface area contributed by atoms with Crippen LogP contribution in [-0.4, -0.2) is 18.4 Å². The third-order valence-electron chi connectivity index (χ3n) is 4.52. The molecule has 0 aromatic heterocycles. The fraction of sp³-hybridized carbons (Fsp3) is 0.300. The van der Waals surface area contributed by atoms with Crippen LogP contribution < -0.4 is 10.6 Å². The molecule has 4 heteroatoms. The van der Waals surface area contributed by atoms with Crippen LogP contribution in [0, 0.1) is 0 Å². The maximum atomic E-state index is 12.0. The minimum Gasteiger partial charge on any atom is -0.355 e. The minimum atomic E-state index is -0.498. The standard InChI is InChI=1S/C20H22N2O2/c1-20(2)16-12-15(8-9-17(16)22-19(20)24)10-11-21-18(23)13-14-6-4-3-5-7-14/h3-9,12H,10-11,13H2,1-2H3,(H,21,23)(H,22,24). The maximum absolute atomic E-state index is 12.0. The van der Waals surface area contributed by atoms with E-state index in [9.17, 15) is 9.59 Å². The Morgan fingerprint density at radius 1 is 1.08 bits per heavy atom. The number of anilines is 1. The van der Waals surface area contributed by atoms with Crippen LogP contribution in [-0.2, 0) is 27.8 Å². The van der Waals surface area contributed by atoms with Crippen LogP contribution >= 0.6 is 0 Å². The number of hydrogen-bond acceptors (Lipinski definition) is 2. The van der Waals surface area contributed by atoms with Gasteiger partial charge < -0.3 is 10.6 Å². The number of carbonyl (C=O) groups is 2. The maximum Gasteiger partial charge on any atom is 0.234 e. The molecule has 0 saturated heterocycles. The van der Waals surface area contributed by atoms with Gasteiger partial charge in [0.05, 0.1) is 11.8 Å². The Hall–Kier alpha value is -2.62. The summed E-state index contributed by atoms with van der Waals surface area (Å²) in [6.07, 6.45) is 1.15. The van der Waals surface area contributed by atoms with Gasteiger partial charge in [-0.05, 0) is 43.0 Å². The highest BCUT2D eigenvalue weighted by Gasteiger charge is 2.38. The highest BCUT2D eigenvalue weighted by molar-refractivity contribution is 6.05. The van der Waals surface area contributed by atoms with E-state index in [2.05, 4.69) is 16.7 Å². The van der Waals surface area contributed by atoms with Crippen LogP contribution in [0.4, 0.5) is 5.69 Å². The smallest absolute Gasteiger partial charge is 0.234 e. The van der Waals surface area contributed by atoms with Crippen molar-refractivity contribution in [2.24, 2.45) is 0 Å². The van der Waals surface area contributed by atoms with E-state index in [1.807, 2.05) is 56.3 Å². The Labute approximate surface area is 142 Å². The predicted molar refractivity (Wildman–Crippen MR) is 95.0 cm³/mol. The highest BCUT2D eigenvalue weighted by atomic mass is 16.2. The van der Waals surface area contributed by atoms with Gasteiger partial charge in [-0.25, -0.2) is 0 Å². The summed E-state index contributed by atoms with van der Waals surface area (Å²) in [4.78, 5) is 23.9. The summed E-state index contributed by atoms with van der Waals surface area (Å²) < 4.78 is 0. The molecule has 0 radical (unpaired) electrons. The first-order valence-electron chi connectivity index (χ1n) is 8.22. The predicted octanol–water partition coefficient (Wildman–Crippen LogP) is 2.82. The van der Waals surface area contributed by atoms with Gasteiger partial charge in [-0.3, -0.25) is 9.59 Å². The first-order chi connectivity index (χ1) is 11.5. The topological polar surface area (TPSA) is 58.2 Å². The molecule has 0 fully saturated rings. The summed E-state index contributed by atoms with van der Waals surface area (Å²) in [5.41, 5.74) is 3.56. The Balaban J connectivity index is 1.56. The van der Waals surface area contributed by atoms with Crippen LogP contribution in [0.15, 0.2) is 48.5 Å². The quantitative estimate of drug-likeness (QED) is 0.889. The third-order valence-corrected chi connectivity index (χ3v) is 4.52. The van der Waals surface area contributed by atoms with Crippen molar-refractivity contribution in [3.63, 3.8) is 0 Å². The number of rotatable bonds is 5. The largest absolute Gasteiger partial charge is 0.355 e. The molecule has 1 heterocycles. The second-order valence-electron chi connectivity index (χ2n) is 6.72. The zero-order valence-electron chi connectivity index (χ0n) is 14.1. The Kier molecular flexibility index (Phi) is 4.38. The van der Waals surface area contributed by atoms with Crippen molar-refractivity contribution < 1.29 is 9.59 Å². The molecule has 1 aliphatic heterocycles. The summed E-state index contributed by atoms with van der Waals surface area (Å²) in [5, 5.41) is 5.86. The molecule has 2 aromatic carbocycles.